The molecule has 2 nitrogen and oxygen atoms in total. The molecule has 0 amide bonds. The average molecular weight is 268 g/mol. The van der Waals surface area contributed by atoms with Gasteiger partial charge in [0, 0.05) is 18.0 Å². The number of methoxy groups -OCH3 is 1. The van der Waals surface area contributed by atoms with Crippen molar-refractivity contribution in [2.24, 2.45) is 0 Å². The molecule has 3 heteroatoms. The molecule has 1 aromatic rings. The topological polar surface area (TPSA) is 21.3 Å². The molecule has 1 aliphatic carbocycles. The van der Waals surface area contributed by atoms with Crippen LogP contribution in [0, 0.1) is 0 Å². The molecule has 2 unspecified atom stereocenters. The summed E-state index contributed by atoms with van der Waals surface area (Å²) in [6.07, 6.45) is 6.21. The van der Waals surface area contributed by atoms with Crippen LogP contribution >= 0.6 is 11.6 Å². The largest absolute Gasteiger partial charge is 0.497 e. The van der Waals surface area contributed by atoms with Gasteiger partial charge in [-0.05, 0) is 30.5 Å². The molecule has 0 aromatic heterocycles. The number of ether oxygens (including phenoxy) is 1. The Kier molecular flexibility index (Phi) is 5.33. The Balaban J connectivity index is 1.89. The van der Waals surface area contributed by atoms with Gasteiger partial charge in [0.1, 0.15) is 5.75 Å². The van der Waals surface area contributed by atoms with Crippen molar-refractivity contribution in [3.63, 3.8) is 0 Å². The summed E-state index contributed by atoms with van der Waals surface area (Å²) >= 11 is 6.42. The third-order valence-corrected chi connectivity index (χ3v) is 4.16. The zero-order valence-corrected chi connectivity index (χ0v) is 11.7. The molecule has 2 atom stereocenters. The minimum Gasteiger partial charge on any atom is -0.497 e. The lowest BCUT2D eigenvalue weighted by Crippen LogP contribution is -2.35. The zero-order chi connectivity index (χ0) is 12.8. The first-order chi connectivity index (χ1) is 8.79. The van der Waals surface area contributed by atoms with Crippen molar-refractivity contribution in [3.05, 3.63) is 29.8 Å². The summed E-state index contributed by atoms with van der Waals surface area (Å²) in [5, 5.41) is 3.87. The minimum atomic E-state index is 0.276. The zero-order valence-electron chi connectivity index (χ0n) is 11.0. The van der Waals surface area contributed by atoms with Crippen molar-refractivity contribution in [2.45, 2.75) is 50.1 Å². The van der Waals surface area contributed by atoms with E-state index in [1.165, 1.54) is 31.2 Å². The smallest absolute Gasteiger partial charge is 0.119 e. The molecule has 18 heavy (non-hydrogen) atoms. The highest BCUT2D eigenvalue weighted by atomic mass is 35.5. The number of rotatable bonds is 4. The number of nitrogens with one attached hydrogen (secondary N) is 1. The molecule has 0 aliphatic heterocycles. The minimum absolute atomic E-state index is 0.276. The molecule has 1 fully saturated rings. The van der Waals surface area contributed by atoms with Crippen LogP contribution in [0.3, 0.4) is 0 Å². The maximum atomic E-state index is 6.42. The molecule has 1 aromatic carbocycles. The van der Waals surface area contributed by atoms with Gasteiger partial charge >= 0.3 is 0 Å². The molecule has 100 valence electrons. The first-order valence-corrected chi connectivity index (χ1v) is 7.23. The van der Waals surface area contributed by atoms with E-state index in [0.29, 0.717) is 6.04 Å². The van der Waals surface area contributed by atoms with Gasteiger partial charge in [0.25, 0.3) is 0 Å². The van der Waals surface area contributed by atoms with E-state index in [1.807, 2.05) is 12.1 Å². The molecule has 1 N–H and O–H groups in total. The van der Waals surface area contributed by atoms with E-state index in [-0.39, 0.29) is 5.38 Å². The van der Waals surface area contributed by atoms with Gasteiger partial charge in [-0.15, -0.1) is 11.6 Å². The lowest BCUT2D eigenvalue weighted by Gasteiger charge is -2.21. The Morgan fingerprint density at radius 2 is 2.11 bits per heavy atom. The van der Waals surface area contributed by atoms with Crippen LogP contribution in [0.5, 0.6) is 5.75 Å². The summed E-state index contributed by atoms with van der Waals surface area (Å²) < 4.78 is 5.23. The Morgan fingerprint density at radius 1 is 1.28 bits per heavy atom. The van der Waals surface area contributed by atoms with Crippen LogP contribution < -0.4 is 10.1 Å². The van der Waals surface area contributed by atoms with Gasteiger partial charge in [-0.3, -0.25) is 0 Å². The quantitative estimate of drug-likeness (QED) is 0.663. The van der Waals surface area contributed by atoms with Crippen LogP contribution in [0.2, 0.25) is 0 Å². The predicted octanol–water partition coefficient (Wildman–Crippen LogP) is 3.72. The first-order valence-electron chi connectivity index (χ1n) is 6.80. The van der Waals surface area contributed by atoms with Crippen molar-refractivity contribution in [3.8, 4) is 5.75 Å². The van der Waals surface area contributed by atoms with Crippen LogP contribution in [0.4, 0.5) is 0 Å². The van der Waals surface area contributed by atoms with Crippen LogP contribution in [-0.2, 0) is 6.54 Å². The molecule has 1 aliphatic rings. The Labute approximate surface area is 115 Å². The number of hydrogen-bond acceptors (Lipinski definition) is 2. The summed E-state index contributed by atoms with van der Waals surface area (Å²) in [7, 11) is 1.70. The van der Waals surface area contributed by atoms with E-state index in [9.17, 15) is 0 Å². The van der Waals surface area contributed by atoms with E-state index in [0.717, 1.165) is 18.7 Å². The standard InChI is InChI=1S/C15H22ClNO/c1-18-13-7-5-6-12(10-13)11-17-15-9-4-2-3-8-14(15)16/h5-7,10,14-15,17H,2-4,8-9,11H2,1H3. The fourth-order valence-corrected chi connectivity index (χ4v) is 2.89. The van der Waals surface area contributed by atoms with Gasteiger partial charge in [0.15, 0.2) is 0 Å². The van der Waals surface area contributed by atoms with Crippen molar-refractivity contribution in [2.75, 3.05) is 7.11 Å². The van der Waals surface area contributed by atoms with Crippen molar-refractivity contribution >= 4 is 11.6 Å². The highest BCUT2D eigenvalue weighted by Crippen LogP contribution is 2.23. The lowest BCUT2D eigenvalue weighted by molar-refractivity contribution is 0.413. The number of alkyl halides is 1. The maximum absolute atomic E-state index is 6.42. The van der Waals surface area contributed by atoms with E-state index in [1.54, 1.807) is 7.11 Å². The third-order valence-electron chi connectivity index (χ3n) is 3.63. The van der Waals surface area contributed by atoms with Gasteiger partial charge in [-0.1, -0.05) is 31.4 Å². The van der Waals surface area contributed by atoms with Gasteiger partial charge in [0.05, 0.1) is 7.11 Å². The summed E-state index contributed by atoms with van der Waals surface area (Å²) in [5.41, 5.74) is 1.25. The van der Waals surface area contributed by atoms with E-state index >= 15 is 0 Å². The van der Waals surface area contributed by atoms with Gasteiger partial charge in [0.2, 0.25) is 0 Å². The van der Waals surface area contributed by atoms with Crippen LogP contribution in [0.15, 0.2) is 24.3 Å². The highest BCUT2D eigenvalue weighted by molar-refractivity contribution is 6.21. The maximum Gasteiger partial charge on any atom is 0.119 e. The Bertz CT molecular complexity index is 369. The molecule has 0 bridgehead atoms. The van der Waals surface area contributed by atoms with Gasteiger partial charge in [-0.2, -0.15) is 0 Å². The summed E-state index contributed by atoms with van der Waals surface area (Å²) in [5.74, 6) is 0.914. The van der Waals surface area contributed by atoms with E-state index in [4.69, 9.17) is 16.3 Å². The third kappa shape index (κ3) is 3.89. The van der Waals surface area contributed by atoms with Gasteiger partial charge < -0.3 is 10.1 Å². The number of benzene rings is 1. The summed E-state index contributed by atoms with van der Waals surface area (Å²) in [6.45, 7) is 0.866. The predicted molar refractivity (Wildman–Crippen MR) is 76.3 cm³/mol. The van der Waals surface area contributed by atoms with Gasteiger partial charge in [-0.25, -0.2) is 0 Å². The molecular weight excluding hydrogens is 246 g/mol. The second-order valence-corrected chi connectivity index (χ2v) is 5.55. The second kappa shape index (κ2) is 7.01. The number of hydrogen-bond donors (Lipinski definition) is 1. The van der Waals surface area contributed by atoms with E-state index < -0.39 is 0 Å². The lowest BCUT2D eigenvalue weighted by atomic mass is 10.1. The summed E-state index contributed by atoms with van der Waals surface area (Å²) in [4.78, 5) is 0. The van der Waals surface area contributed by atoms with Crippen molar-refractivity contribution in [1.29, 1.82) is 0 Å². The van der Waals surface area contributed by atoms with Crippen LogP contribution in [0.25, 0.3) is 0 Å². The Hall–Kier alpha value is -0.730. The molecule has 1 saturated carbocycles. The molecule has 0 heterocycles. The average Bonchev–Trinajstić information content (AvgIpc) is 2.61. The number of halogens is 1. The SMILES string of the molecule is COc1cccc(CNC2CCCCCC2Cl)c1. The monoisotopic (exact) mass is 267 g/mol. The van der Waals surface area contributed by atoms with Crippen molar-refractivity contribution < 1.29 is 4.74 Å². The Morgan fingerprint density at radius 3 is 2.94 bits per heavy atom. The fourth-order valence-electron chi connectivity index (χ4n) is 2.52. The normalized spacial score (nSPS) is 24.6. The van der Waals surface area contributed by atoms with Crippen molar-refractivity contribution in [1.82, 2.24) is 5.32 Å². The van der Waals surface area contributed by atoms with E-state index in [2.05, 4.69) is 17.4 Å². The molecular formula is C15H22ClNO. The molecule has 2 rings (SSSR count). The molecule has 0 radical (unpaired) electrons. The van der Waals surface area contributed by atoms with Crippen LogP contribution in [-0.4, -0.2) is 18.5 Å². The van der Waals surface area contributed by atoms with Crippen LogP contribution in [0.1, 0.15) is 37.7 Å². The first kappa shape index (κ1) is 13.7. The molecule has 0 saturated heterocycles. The summed E-state index contributed by atoms with van der Waals surface area (Å²) in [6, 6.07) is 8.64. The fraction of sp³-hybridized carbons (Fsp3) is 0.600. The molecule has 0 spiro atoms. The second-order valence-electron chi connectivity index (χ2n) is 4.99. The highest BCUT2D eigenvalue weighted by Gasteiger charge is 2.20.